The van der Waals surface area contributed by atoms with Crippen LogP contribution in [0.15, 0.2) is 18.2 Å². The summed E-state index contributed by atoms with van der Waals surface area (Å²) in [6, 6.07) is 5.50. The fourth-order valence-corrected chi connectivity index (χ4v) is 3.37. The molecule has 1 aromatic rings. The summed E-state index contributed by atoms with van der Waals surface area (Å²) in [5.41, 5.74) is 5.05. The van der Waals surface area contributed by atoms with Gasteiger partial charge in [0, 0.05) is 17.8 Å². The van der Waals surface area contributed by atoms with Crippen molar-refractivity contribution in [2.24, 2.45) is 11.8 Å². The number of anilines is 1. The lowest BCUT2D eigenvalue weighted by molar-refractivity contribution is 0.0948. The molecule has 0 aromatic heterocycles. The summed E-state index contributed by atoms with van der Waals surface area (Å²) in [4.78, 5) is 12.1. The molecule has 1 aliphatic heterocycles. The zero-order chi connectivity index (χ0) is 13.0. The van der Waals surface area contributed by atoms with E-state index >= 15 is 0 Å². The molecule has 4 N–H and O–H groups in total. The van der Waals surface area contributed by atoms with Gasteiger partial charge in [-0.25, -0.2) is 0 Å². The van der Waals surface area contributed by atoms with E-state index in [4.69, 9.17) is 5.84 Å². The molecule has 1 fully saturated rings. The third-order valence-electron chi connectivity index (χ3n) is 3.21. The smallest absolute Gasteiger partial charge is 0.251 e. The van der Waals surface area contributed by atoms with Crippen molar-refractivity contribution in [3.05, 3.63) is 29.3 Å². The fraction of sp³-hybridized carbons (Fsp3) is 0.462. The van der Waals surface area contributed by atoms with Crippen molar-refractivity contribution in [1.82, 2.24) is 5.32 Å². The molecule has 0 saturated carbocycles. The molecule has 1 unspecified atom stereocenters. The lowest BCUT2D eigenvalue weighted by Crippen LogP contribution is -2.29. The number of nitrogens with two attached hydrogens (primary N) is 1. The van der Waals surface area contributed by atoms with E-state index in [-0.39, 0.29) is 5.91 Å². The van der Waals surface area contributed by atoms with E-state index in [0.717, 1.165) is 29.1 Å². The summed E-state index contributed by atoms with van der Waals surface area (Å²) in [5.74, 6) is 8.35. The molecule has 5 heteroatoms. The molecule has 18 heavy (non-hydrogen) atoms. The maximum absolute atomic E-state index is 12.1. The topological polar surface area (TPSA) is 67.1 Å². The molecule has 0 radical (unpaired) electrons. The van der Waals surface area contributed by atoms with Crippen molar-refractivity contribution < 1.29 is 4.79 Å². The van der Waals surface area contributed by atoms with E-state index in [9.17, 15) is 4.79 Å². The number of carbonyl (C=O) groups is 1. The molecule has 0 spiro atoms. The Balaban J connectivity index is 1.95. The van der Waals surface area contributed by atoms with Gasteiger partial charge in [-0.3, -0.25) is 10.6 Å². The van der Waals surface area contributed by atoms with Crippen LogP contribution in [0.3, 0.4) is 0 Å². The molecule has 0 bridgehead atoms. The minimum Gasteiger partial charge on any atom is -0.352 e. The highest BCUT2D eigenvalue weighted by molar-refractivity contribution is 7.99. The first-order chi connectivity index (χ1) is 8.70. The fourth-order valence-electron chi connectivity index (χ4n) is 2.08. The largest absolute Gasteiger partial charge is 0.352 e. The summed E-state index contributed by atoms with van der Waals surface area (Å²) in [7, 11) is 0. The van der Waals surface area contributed by atoms with Crippen molar-refractivity contribution in [1.29, 1.82) is 0 Å². The summed E-state index contributed by atoms with van der Waals surface area (Å²) < 4.78 is 0. The number of hydrazine groups is 1. The highest BCUT2D eigenvalue weighted by atomic mass is 32.2. The van der Waals surface area contributed by atoms with Gasteiger partial charge < -0.3 is 10.7 Å². The Morgan fingerprint density at radius 1 is 1.56 bits per heavy atom. The van der Waals surface area contributed by atoms with Gasteiger partial charge in [0.25, 0.3) is 5.91 Å². The number of aryl methyl sites for hydroxylation is 1. The molecule has 4 nitrogen and oxygen atoms in total. The van der Waals surface area contributed by atoms with Crippen LogP contribution in [0.25, 0.3) is 0 Å². The Bertz CT molecular complexity index is 430. The summed E-state index contributed by atoms with van der Waals surface area (Å²) >= 11 is 1.96. The van der Waals surface area contributed by atoms with E-state index in [2.05, 4.69) is 10.7 Å². The van der Waals surface area contributed by atoms with Crippen LogP contribution < -0.4 is 16.6 Å². The van der Waals surface area contributed by atoms with Crippen LogP contribution >= 0.6 is 11.8 Å². The van der Waals surface area contributed by atoms with E-state index in [1.165, 1.54) is 12.2 Å². The zero-order valence-electron chi connectivity index (χ0n) is 10.5. The van der Waals surface area contributed by atoms with Gasteiger partial charge in [-0.2, -0.15) is 11.8 Å². The highest BCUT2D eigenvalue weighted by Crippen LogP contribution is 2.22. The Labute approximate surface area is 112 Å². The van der Waals surface area contributed by atoms with Crippen LogP contribution in [0.1, 0.15) is 22.3 Å². The van der Waals surface area contributed by atoms with Crippen LogP contribution in [-0.4, -0.2) is 24.0 Å². The number of nitrogen functional groups attached to an aromatic ring is 1. The number of thioether (sulfide) groups is 1. The second kappa shape index (κ2) is 6.11. The molecule has 1 amide bonds. The maximum atomic E-state index is 12.1. The third kappa shape index (κ3) is 3.17. The first kappa shape index (κ1) is 13.2. The molecule has 0 aliphatic carbocycles. The predicted octanol–water partition coefficient (Wildman–Crippen LogP) is 1.76. The van der Waals surface area contributed by atoms with Gasteiger partial charge in [-0.15, -0.1) is 0 Å². The number of benzene rings is 1. The van der Waals surface area contributed by atoms with Crippen molar-refractivity contribution in [2.75, 3.05) is 23.5 Å². The van der Waals surface area contributed by atoms with Gasteiger partial charge in [0.1, 0.15) is 0 Å². The first-order valence-corrected chi connectivity index (χ1v) is 7.29. The van der Waals surface area contributed by atoms with Crippen LogP contribution in [0, 0.1) is 12.8 Å². The van der Waals surface area contributed by atoms with Crippen LogP contribution in [0.4, 0.5) is 5.69 Å². The van der Waals surface area contributed by atoms with E-state index < -0.39 is 0 Å². The molecule has 2 rings (SSSR count). The van der Waals surface area contributed by atoms with E-state index in [0.29, 0.717) is 5.92 Å². The lowest BCUT2D eigenvalue weighted by atomic mass is 10.1. The molecule has 1 aliphatic rings. The molecular weight excluding hydrogens is 246 g/mol. The van der Waals surface area contributed by atoms with E-state index in [1.54, 1.807) is 0 Å². The van der Waals surface area contributed by atoms with Gasteiger partial charge >= 0.3 is 0 Å². The Hall–Kier alpha value is -1.20. The summed E-state index contributed by atoms with van der Waals surface area (Å²) in [6.45, 7) is 2.70. The molecule has 1 atom stereocenters. The van der Waals surface area contributed by atoms with Gasteiger partial charge in [-0.05, 0) is 54.5 Å². The number of hydrogen-bond acceptors (Lipinski definition) is 4. The van der Waals surface area contributed by atoms with Crippen LogP contribution in [0.5, 0.6) is 0 Å². The standard InChI is InChI=1S/C13H19N3OS/c1-9-6-11(16-14)2-3-12(9)13(17)15-7-10-4-5-18-8-10/h2-3,6,10,16H,4-5,7-8,14H2,1H3,(H,15,17). The van der Waals surface area contributed by atoms with Crippen LogP contribution in [-0.2, 0) is 0 Å². The third-order valence-corrected chi connectivity index (χ3v) is 4.44. The van der Waals surface area contributed by atoms with Crippen molar-refractivity contribution >= 4 is 23.4 Å². The molecule has 1 aromatic carbocycles. The summed E-state index contributed by atoms with van der Waals surface area (Å²) in [5, 5.41) is 3.02. The maximum Gasteiger partial charge on any atom is 0.251 e. The number of hydrogen-bond donors (Lipinski definition) is 3. The van der Waals surface area contributed by atoms with Crippen LogP contribution in [0.2, 0.25) is 0 Å². The molecule has 1 heterocycles. The number of nitrogens with one attached hydrogen (secondary N) is 2. The van der Waals surface area contributed by atoms with Crippen molar-refractivity contribution in [3.63, 3.8) is 0 Å². The minimum absolute atomic E-state index is 0.00738. The number of amides is 1. The molecule has 1 saturated heterocycles. The molecular formula is C13H19N3OS. The van der Waals surface area contributed by atoms with Gasteiger partial charge in [0.2, 0.25) is 0 Å². The zero-order valence-corrected chi connectivity index (χ0v) is 11.3. The number of carbonyl (C=O) groups excluding carboxylic acids is 1. The van der Waals surface area contributed by atoms with Gasteiger partial charge in [0.05, 0.1) is 0 Å². The normalized spacial score (nSPS) is 18.7. The Morgan fingerprint density at radius 3 is 3.00 bits per heavy atom. The second-order valence-corrected chi connectivity index (χ2v) is 5.76. The highest BCUT2D eigenvalue weighted by Gasteiger charge is 2.17. The average molecular weight is 265 g/mol. The minimum atomic E-state index is 0.00738. The molecule has 98 valence electrons. The summed E-state index contributed by atoms with van der Waals surface area (Å²) in [6.07, 6.45) is 1.21. The van der Waals surface area contributed by atoms with Gasteiger partial charge in [0.15, 0.2) is 0 Å². The van der Waals surface area contributed by atoms with E-state index in [1.807, 2.05) is 36.9 Å². The predicted molar refractivity (Wildman–Crippen MR) is 76.8 cm³/mol. The quantitative estimate of drug-likeness (QED) is 0.573. The Morgan fingerprint density at radius 2 is 2.39 bits per heavy atom. The average Bonchev–Trinajstić information content (AvgIpc) is 2.88. The van der Waals surface area contributed by atoms with Crippen molar-refractivity contribution in [2.45, 2.75) is 13.3 Å². The lowest BCUT2D eigenvalue weighted by Gasteiger charge is -2.12. The SMILES string of the molecule is Cc1cc(NN)ccc1C(=O)NCC1CCSC1. The monoisotopic (exact) mass is 265 g/mol. The first-order valence-electron chi connectivity index (χ1n) is 6.14. The second-order valence-electron chi connectivity index (χ2n) is 4.61. The van der Waals surface area contributed by atoms with Crippen molar-refractivity contribution in [3.8, 4) is 0 Å². The Kier molecular flexibility index (Phi) is 4.49. The van der Waals surface area contributed by atoms with Gasteiger partial charge in [-0.1, -0.05) is 0 Å². The number of rotatable bonds is 4.